The standard InChI is InChI=1S/C31H42N2O4/c1-6-9-20-37-26-13-10-12-25(21-26)29(34)27-28(24-16-14-23(15-17-24)22(4)5)33(31(36)30(27)35)19-11-18-32(7-2)8-3/h10,12-17,21-22,28,34H,6-9,11,18-20H2,1-5H3/b29-27+. The predicted octanol–water partition coefficient (Wildman–Crippen LogP) is 6.14. The van der Waals surface area contributed by atoms with E-state index in [4.69, 9.17) is 4.74 Å². The molecule has 1 unspecified atom stereocenters. The number of aliphatic hydroxyl groups is 1. The highest BCUT2D eigenvalue weighted by atomic mass is 16.5. The van der Waals surface area contributed by atoms with Crippen LogP contribution in [0.1, 0.15) is 82.5 Å². The molecule has 0 aromatic heterocycles. The number of amides is 1. The Morgan fingerprint density at radius 1 is 1.03 bits per heavy atom. The van der Waals surface area contributed by atoms with Gasteiger partial charge in [-0.3, -0.25) is 9.59 Å². The monoisotopic (exact) mass is 506 g/mol. The molecular formula is C31H42N2O4. The Balaban J connectivity index is 2.01. The lowest BCUT2D eigenvalue weighted by Gasteiger charge is -2.27. The zero-order valence-electron chi connectivity index (χ0n) is 23.0. The predicted molar refractivity (Wildman–Crippen MR) is 149 cm³/mol. The van der Waals surface area contributed by atoms with Crippen molar-refractivity contribution in [1.82, 2.24) is 9.80 Å². The first-order valence-corrected chi connectivity index (χ1v) is 13.7. The molecule has 1 heterocycles. The number of benzene rings is 2. The van der Waals surface area contributed by atoms with Crippen LogP contribution in [0.4, 0.5) is 0 Å². The van der Waals surface area contributed by atoms with E-state index in [2.05, 4.69) is 39.5 Å². The third kappa shape index (κ3) is 6.80. The minimum absolute atomic E-state index is 0.135. The summed E-state index contributed by atoms with van der Waals surface area (Å²) < 4.78 is 5.81. The molecule has 1 N–H and O–H groups in total. The smallest absolute Gasteiger partial charge is 0.295 e. The van der Waals surface area contributed by atoms with Gasteiger partial charge in [0.25, 0.3) is 11.7 Å². The Morgan fingerprint density at radius 2 is 1.73 bits per heavy atom. The molecule has 1 atom stereocenters. The van der Waals surface area contributed by atoms with E-state index in [0.29, 0.717) is 30.4 Å². The van der Waals surface area contributed by atoms with Crippen molar-refractivity contribution in [2.24, 2.45) is 0 Å². The molecule has 0 saturated carbocycles. The molecule has 6 nitrogen and oxygen atoms in total. The number of Topliss-reactive ketones (excluding diaryl/α,β-unsaturated/α-hetero) is 1. The Kier molecular flexibility index (Phi) is 10.3. The number of ether oxygens (including phenoxy) is 1. The van der Waals surface area contributed by atoms with Crippen molar-refractivity contribution in [2.75, 3.05) is 32.8 Å². The minimum Gasteiger partial charge on any atom is -0.507 e. The Bertz CT molecular complexity index is 1090. The number of unbranched alkanes of at least 4 members (excludes halogenated alkanes) is 1. The summed E-state index contributed by atoms with van der Waals surface area (Å²) >= 11 is 0. The summed E-state index contributed by atoms with van der Waals surface area (Å²) in [5.74, 6) is -0.373. The molecule has 2 aromatic carbocycles. The number of rotatable bonds is 13. The van der Waals surface area contributed by atoms with Gasteiger partial charge in [-0.25, -0.2) is 0 Å². The first-order chi connectivity index (χ1) is 17.8. The normalized spacial score (nSPS) is 17.3. The maximum absolute atomic E-state index is 13.3. The van der Waals surface area contributed by atoms with Gasteiger partial charge in [-0.15, -0.1) is 0 Å². The average molecular weight is 507 g/mol. The first-order valence-electron chi connectivity index (χ1n) is 13.7. The molecule has 1 saturated heterocycles. The van der Waals surface area contributed by atoms with Crippen molar-refractivity contribution in [3.63, 3.8) is 0 Å². The summed E-state index contributed by atoms with van der Waals surface area (Å²) in [6, 6.07) is 14.5. The third-order valence-electron chi connectivity index (χ3n) is 7.10. The quantitative estimate of drug-likeness (QED) is 0.153. The van der Waals surface area contributed by atoms with E-state index in [1.165, 1.54) is 5.56 Å². The van der Waals surface area contributed by atoms with Crippen LogP contribution < -0.4 is 4.74 Å². The number of nitrogens with zero attached hydrogens (tertiary/aromatic N) is 2. The molecule has 1 aliphatic heterocycles. The van der Waals surface area contributed by atoms with E-state index in [1.807, 2.05) is 30.3 Å². The average Bonchev–Trinajstić information content (AvgIpc) is 3.16. The molecule has 3 rings (SSSR count). The summed E-state index contributed by atoms with van der Waals surface area (Å²) in [4.78, 5) is 30.5. The fraction of sp³-hybridized carbons (Fsp3) is 0.484. The number of ketones is 1. The fourth-order valence-corrected chi connectivity index (χ4v) is 4.75. The number of carbonyl (C=O) groups excluding carboxylic acids is 2. The fourth-order valence-electron chi connectivity index (χ4n) is 4.75. The van der Waals surface area contributed by atoms with Crippen LogP contribution in [0.2, 0.25) is 0 Å². The van der Waals surface area contributed by atoms with Gasteiger partial charge in [-0.05, 0) is 61.7 Å². The Hall–Kier alpha value is -3.12. The molecule has 1 fully saturated rings. The van der Waals surface area contributed by atoms with E-state index in [9.17, 15) is 14.7 Å². The van der Waals surface area contributed by atoms with E-state index in [-0.39, 0.29) is 11.3 Å². The molecule has 1 amide bonds. The lowest BCUT2D eigenvalue weighted by molar-refractivity contribution is -0.140. The van der Waals surface area contributed by atoms with Crippen LogP contribution in [-0.2, 0) is 9.59 Å². The number of hydrogen-bond acceptors (Lipinski definition) is 5. The molecule has 6 heteroatoms. The van der Waals surface area contributed by atoms with Gasteiger partial charge in [-0.2, -0.15) is 0 Å². The summed E-state index contributed by atoms with van der Waals surface area (Å²) in [6.07, 6.45) is 2.70. The minimum atomic E-state index is -0.643. The second-order valence-corrected chi connectivity index (χ2v) is 9.92. The summed E-state index contributed by atoms with van der Waals surface area (Å²) in [6.45, 7) is 14.3. The topological polar surface area (TPSA) is 70.1 Å². The van der Waals surface area contributed by atoms with E-state index < -0.39 is 17.7 Å². The molecule has 0 aliphatic carbocycles. The maximum atomic E-state index is 13.3. The maximum Gasteiger partial charge on any atom is 0.295 e. The number of hydrogen-bond donors (Lipinski definition) is 1. The molecule has 0 spiro atoms. The zero-order chi connectivity index (χ0) is 26.9. The van der Waals surface area contributed by atoms with Gasteiger partial charge in [0.1, 0.15) is 11.5 Å². The molecule has 2 aromatic rings. The molecular weight excluding hydrogens is 464 g/mol. The zero-order valence-corrected chi connectivity index (χ0v) is 23.0. The van der Waals surface area contributed by atoms with Gasteiger partial charge >= 0.3 is 0 Å². The van der Waals surface area contributed by atoms with Crippen LogP contribution in [-0.4, -0.2) is 59.4 Å². The lowest BCUT2D eigenvalue weighted by Crippen LogP contribution is -2.33. The largest absolute Gasteiger partial charge is 0.507 e. The Morgan fingerprint density at radius 3 is 2.35 bits per heavy atom. The van der Waals surface area contributed by atoms with Gasteiger partial charge < -0.3 is 19.6 Å². The van der Waals surface area contributed by atoms with Gasteiger partial charge in [0.2, 0.25) is 0 Å². The number of carbonyl (C=O) groups is 2. The summed E-state index contributed by atoms with van der Waals surface area (Å²) in [7, 11) is 0. The summed E-state index contributed by atoms with van der Waals surface area (Å²) in [5, 5.41) is 11.4. The molecule has 0 radical (unpaired) electrons. The van der Waals surface area contributed by atoms with Crippen LogP contribution in [0.15, 0.2) is 54.1 Å². The van der Waals surface area contributed by atoms with E-state index >= 15 is 0 Å². The van der Waals surface area contributed by atoms with Crippen molar-refractivity contribution in [3.05, 3.63) is 70.8 Å². The van der Waals surface area contributed by atoms with Crippen molar-refractivity contribution in [2.45, 2.75) is 65.8 Å². The Labute approximate surface area is 221 Å². The van der Waals surface area contributed by atoms with Gasteiger partial charge in [-0.1, -0.05) is 77.4 Å². The first kappa shape index (κ1) is 28.5. The van der Waals surface area contributed by atoms with Gasteiger partial charge in [0, 0.05) is 12.1 Å². The summed E-state index contributed by atoms with van der Waals surface area (Å²) in [5.41, 5.74) is 2.61. The highest BCUT2D eigenvalue weighted by Crippen LogP contribution is 2.40. The van der Waals surface area contributed by atoms with Crippen LogP contribution in [0.3, 0.4) is 0 Å². The van der Waals surface area contributed by atoms with Crippen LogP contribution in [0, 0.1) is 0 Å². The highest BCUT2D eigenvalue weighted by molar-refractivity contribution is 6.46. The van der Waals surface area contributed by atoms with Crippen LogP contribution in [0.25, 0.3) is 5.76 Å². The van der Waals surface area contributed by atoms with Crippen molar-refractivity contribution >= 4 is 17.4 Å². The number of aliphatic hydroxyl groups excluding tert-OH is 1. The lowest BCUT2D eigenvalue weighted by atomic mass is 9.93. The SMILES string of the molecule is CCCCOc1cccc(/C(O)=C2\C(=O)C(=O)N(CCCN(CC)CC)C2c2ccc(C(C)C)cc2)c1. The van der Waals surface area contributed by atoms with Crippen molar-refractivity contribution in [3.8, 4) is 5.75 Å². The van der Waals surface area contributed by atoms with Crippen LogP contribution in [0.5, 0.6) is 5.75 Å². The highest BCUT2D eigenvalue weighted by Gasteiger charge is 2.45. The van der Waals surface area contributed by atoms with Gasteiger partial charge in [0.15, 0.2) is 0 Å². The van der Waals surface area contributed by atoms with E-state index in [1.54, 1.807) is 23.1 Å². The molecule has 200 valence electrons. The third-order valence-corrected chi connectivity index (χ3v) is 7.10. The van der Waals surface area contributed by atoms with Crippen molar-refractivity contribution < 1.29 is 19.4 Å². The second-order valence-electron chi connectivity index (χ2n) is 9.92. The molecule has 37 heavy (non-hydrogen) atoms. The molecule has 0 bridgehead atoms. The second kappa shape index (κ2) is 13.4. The van der Waals surface area contributed by atoms with Crippen molar-refractivity contribution in [1.29, 1.82) is 0 Å². The van der Waals surface area contributed by atoms with E-state index in [0.717, 1.165) is 44.5 Å². The number of likely N-dealkylation sites (tertiary alicyclic amines) is 1. The molecule has 1 aliphatic rings. The van der Waals surface area contributed by atoms with Crippen LogP contribution >= 0.6 is 0 Å². The van der Waals surface area contributed by atoms with Gasteiger partial charge in [0.05, 0.1) is 18.2 Å².